The number of fused-ring (bicyclic) bond motifs is 1. The van der Waals surface area contributed by atoms with Crippen LogP contribution in [0.5, 0.6) is 0 Å². The quantitative estimate of drug-likeness (QED) is 0.709. The van der Waals surface area contributed by atoms with E-state index in [-0.39, 0.29) is 17.2 Å². The van der Waals surface area contributed by atoms with Crippen molar-refractivity contribution >= 4 is 26.7 Å². The molecule has 3 rings (SSSR count). The van der Waals surface area contributed by atoms with Crippen LogP contribution in [0.4, 0.5) is 0 Å². The first-order valence-electron chi connectivity index (χ1n) is 6.72. The molecule has 0 unspecified atom stereocenters. The van der Waals surface area contributed by atoms with Gasteiger partial charge >= 0.3 is 0 Å². The van der Waals surface area contributed by atoms with E-state index in [4.69, 9.17) is 0 Å². The van der Waals surface area contributed by atoms with Gasteiger partial charge in [-0.2, -0.15) is 0 Å². The number of hydrogen-bond acceptors (Lipinski definition) is 3. The third-order valence-electron chi connectivity index (χ3n) is 3.37. The van der Waals surface area contributed by atoms with E-state index in [2.05, 4.69) is 9.71 Å². The summed E-state index contributed by atoms with van der Waals surface area (Å²) in [5.41, 5.74) is 1.32. The molecule has 2 N–H and O–H groups in total. The third kappa shape index (κ3) is 2.79. The summed E-state index contributed by atoms with van der Waals surface area (Å²) in [6.07, 6.45) is 1.60. The number of carbonyl (C=O) groups excluding carboxylic acids is 1. The molecule has 1 aromatic heterocycles. The van der Waals surface area contributed by atoms with Gasteiger partial charge in [-0.15, -0.1) is 0 Å². The average molecular weight is 314 g/mol. The van der Waals surface area contributed by atoms with Crippen molar-refractivity contribution in [3.8, 4) is 0 Å². The highest BCUT2D eigenvalue weighted by Gasteiger charge is 2.17. The summed E-state index contributed by atoms with van der Waals surface area (Å²) in [5.74, 6) is -0.281. The maximum Gasteiger partial charge on any atom is 0.240 e. The fourth-order valence-electron chi connectivity index (χ4n) is 2.24. The number of rotatable bonds is 5. The van der Waals surface area contributed by atoms with Crippen molar-refractivity contribution in [2.24, 2.45) is 0 Å². The number of para-hydroxylation sites is 1. The molecule has 0 saturated carbocycles. The molecule has 0 aliphatic rings. The lowest BCUT2D eigenvalue weighted by Crippen LogP contribution is -2.29. The van der Waals surface area contributed by atoms with Crippen LogP contribution in [0.2, 0.25) is 0 Å². The zero-order chi connectivity index (χ0) is 15.6. The lowest BCUT2D eigenvalue weighted by Gasteiger charge is -2.05. The Balaban J connectivity index is 1.78. The lowest BCUT2D eigenvalue weighted by atomic mass is 10.1. The molecule has 0 amide bonds. The molecule has 22 heavy (non-hydrogen) atoms. The molecule has 2 aromatic carbocycles. The number of hydrogen-bond donors (Lipinski definition) is 2. The molecule has 0 bridgehead atoms. The van der Waals surface area contributed by atoms with Gasteiger partial charge in [-0.1, -0.05) is 36.4 Å². The van der Waals surface area contributed by atoms with Crippen LogP contribution in [0.25, 0.3) is 10.9 Å². The van der Waals surface area contributed by atoms with Gasteiger partial charge in [0.25, 0.3) is 0 Å². The van der Waals surface area contributed by atoms with E-state index >= 15 is 0 Å². The molecule has 0 saturated heterocycles. The van der Waals surface area contributed by atoms with Gasteiger partial charge in [-0.25, -0.2) is 13.1 Å². The second-order valence-corrected chi connectivity index (χ2v) is 6.58. The first-order valence-corrected chi connectivity index (χ1v) is 8.20. The van der Waals surface area contributed by atoms with E-state index < -0.39 is 10.0 Å². The fraction of sp³-hybridized carbons (Fsp3) is 0.0625. The van der Waals surface area contributed by atoms with Gasteiger partial charge in [0.2, 0.25) is 10.0 Å². The van der Waals surface area contributed by atoms with Crippen LogP contribution in [0.15, 0.2) is 65.7 Å². The number of nitrogens with one attached hydrogen (secondary N) is 2. The van der Waals surface area contributed by atoms with E-state index in [0.717, 1.165) is 10.9 Å². The molecular formula is C16H14N2O3S. The highest BCUT2D eigenvalue weighted by Crippen LogP contribution is 2.18. The van der Waals surface area contributed by atoms with Crippen molar-refractivity contribution in [2.45, 2.75) is 4.90 Å². The summed E-state index contributed by atoms with van der Waals surface area (Å²) in [4.78, 5) is 15.4. The van der Waals surface area contributed by atoms with Crippen LogP contribution < -0.4 is 4.72 Å². The van der Waals surface area contributed by atoms with Crippen LogP contribution in [0.1, 0.15) is 10.4 Å². The zero-order valence-electron chi connectivity index (χ0n) is 11.6. The normalized spacial score (nSPS) is 11.6. The van der Waals surface area contributed by atoms with Gasteiger partial charge in [0.15, 0.2) is 5.78 Å². The van der Waals surface area contributed by atoms with Crippen LogP contribution in [0, 0.1) is 0 Å². The maximum absolute atomic E-state index is 12.3. The van der Waals surface area contributed by atoms with Crippen LogP contribution in [0.3, 0.4) is 0 Å². The Bertz CT molecular complexity index is 915. The summed E-state index contributed by atoms with van der Waals surface area (Å²) in [6.45, 7) is -0.279. The maximum atomic E-state index is 12.3. The predicted octanol–water partition coefficient (Wildman–Crippen LogP) is 2.33. The van der Waals surface area contributed by atoms with Crippen molar-refractivity contribution in [3.05, 3.63) is 66.4 Å². The molecule has 0 fully saturated rings. The second kappa shape index (κ2) is 5.75. The molecule has 6 heteroatoms. The second-order valence-electron chi connectivity index (χ2n) is 4.81. The standard InChI is InChI=1S/C16H14N2O3S/c19-16(14-10-17-15-9-5-4-8-13(14)15)11-18-22(20,21)12-6-2-1-3-7-12/h1-10,17-18H,11H2. The third-order valence-corrected chi connectivity index (χ3v) is 4.78. The molecule has 112 valence electrons. The lowest BCUT2D eigenvalue weighted by molar-refractivity contribution is 0.0998. The number of carbonyl (C=O) groups is 1. The first-order chi connectivity index (χ1) is 10.6. The number of benzene rings is 2. The molecule has 0 spiro atoms. The SMILES string of the molecule is O=C(CNS(=O)(=O)c1ccccc1)c1c[nH]c2ccccc12. The number of sulfonamides is 1. The predicted molar refractivity (Wildman–Crippen MR) is 84.3 cm³/mol. The van der Waals surface area contributed by atoms with Crippen LogP contribution in [-0.2, 0) is 10.0 Å². The van der Waals surface area contributed by atoms with Crippen molar-refractivity contribution in [1.82, 2.24) is 9.71 Å². The molecule has 1 heterocycles. The molecule has 3 aromatic rings. The van der Waals surface area contributed by atoms with Gasteiger partial charge in [-0.05, 0) is 18.2 Å². The Morgan fingerprint density at radius 3 is 2.45 bits per heavy atom. The Hall–Kier alpha value is -2.44. The minimum atomic E-state index is -3.68. The highest BCUT2D eigenvalue weighted by atomic mass is 32.2. The Kier molecular flexibility index (Phi) is 3.79. The minimum absolute atomic E-state index is 0.140. The number of aromatic nitrogens is 1. The molecule has 0 atom stereocenters. The van der Waals surface area contributed by atoms with Gasteiger partial charge < -0.3 is 4.98 Å². The largest absolute Gasteiger partial charge is 0.360 e. The fourth-order valence-corrected chi connectivity index (χ4v) is 3.24. The summed E-state index contributed by atoms with van der Waals surface area (Å²) in [7, 11) is -3.68. The summed E-state index contributed by atoms with van der Waals surface area (Å²) in [6, 6.07) is 15.4. The van der Waals surface area contributed by atoms with Crippen molar-refractivity contribution < 1.29 is 13.2 Å². The van der Waals surface area contributed by atoms with Crippen LogP contribution in [-0.4, -0.2) is 25.7 Å². The number of Topliss-reactive ketones (excluding diaryl/α,β-unsaturated/α-hetero) is 1. The zero-order valence-corrected chi connectivity index (χ0v) is 12.4. The smallest absolute Gasteiger partial charge is 0.240 e. The minimum Gasteiger partial charge on any atom is -0.360 e. The van der Waals surface area contributed by atoms with E-state index in [1.54, 1.807) is 24.4 Å². The van der Waals surface area contributed by atoms with E-state index in [1.165, 1.54) is 12.1 Å². The van der Waals surface area contributed by atoms with E-state index in [0.29, 0.717) is 5.56 Å². The van der Waals surface area contributed by atoms with Crippen molar-refractivity contribution in [3.63, 3.8) is 0 Å². The Morgan fingerprint density at radius 1 is 1.00 bits per heavy atom. The number of H-pyrrole nitrogens is 1. The molecule has 0 aliphatic heterocycles. The number of aromatic amines is 1. The van der Waals surface area contributed by atoms with E-state index in [9.17, 15) is 13.2 Å². The molecule has 0 radical (unpaired) electrons. The highest BCUT2D eigenvalue weighted by molar-refractivity contribution is 7.89. The molecular weight excluding hydrogens is 300 g/mol. The average Bonchev–Trinajstić information content (AvgIpc) is 2.98. The molecule has 0 aliphatic carbocycles. The molecule has 5 nitrogen and oxygen atoms in total. The van der Waals surface area contributed by atoms with E-state index in [1.807, 2.05) is 24.3 Å². The van der Waals surface area contributed by atoms with Gasteiger partial charge in [0.05, 0.1) is 11.4 Å². The summed E-state index contributed by atoms with van der Waals surface area (Å²) in [5, 5.41) is 0.784. The van der Waals surface area contributed by atoms with Gasteiger partial charge in [0.1, 0.15) is 0 Å². The van der Waals surface area contributed by atoms with Gasteiger partial charge in [-0.3, -0.25) is 4.79 Å². The van der Waals surface area contributed by atoms with Crippen molar-refractivity contribution in [2.75, 3.05) is 6.54 Å². The van der Waals surface area contributed by atoms with Crippen LogP contribution >= 0.6 is 0 Å². The Morgan fingerprint density at radius 2 is 1.68 bits per heavy atom. The number of ketones is 1. The topological polar surface area (TPSA) is 79.0 Å². The Labute approximate surface area is 128 Å². The monoisotopic (exact) mass is 314 g/mol. The summed E-state index contributed by atoms with van der Waals surface area (Å²) >= 11 is 0. The van der Waals surface area contributed by atoms with Gasteiger partial charge in [0, 0.05) is 22.7 Å². The first kappa shape index (κ1) is 14.5. The summed E-state index contributed by atoms with van der Waals surface area (Å²) < 4.78 is 26.5. The van der Waals surface area contributed by atoms with Crippen molar-refractivity contribution in [1.29, 1.82) is 0 Å².